The van der Waals surface area contributed by atoms with Crippen LogP contribution in [0, 0.1) is 5.41 Å². The van der Waals surface area contributed by atoms with Gasteiger partial charge in [0.15, 0.2) is 32.4 Å². The van der Waals surface area contributed by atoms with Crippen molar-refractivity contribution in [1.29, 1.82) is 5.41 Å². The topological polar surface area (TPSA) is 80.7 Å². The van der Waals surface area contributed by atoms with Gasteiger partial charge in [-0.2, -0.15) is 0 Å². The van der Waals surface area contributed by atoms with Crippen LogP contribution in [0.5, 0.6) is 0 Å². The largest absolute Gasteiger partial charge is 0.457 e. The predicted octanol–water partition coefficient (Wildman–Crippen LogP) is 1.68. The fourth-order valence-corrected chi connectivity index (χ4v) is 1.25. The maximum atomic E-state index is 6.91. The minimum absolute atomic E-state index is 0.0107. The van der Waals surface area contributed by atoms with E-state index < -0.39 is 0 Å². The van der Waals surface area contributed by atoms with E-state index in [1.165, 1.54) is 18.6 Å². The molecule has 7 heteroatoms. The van der Waals surface area contributed by atoms with Crippen molar-refractivity contribution < 1.29 is 18.8 Å². The van der Waals surface area contributed by atoms with Crippen LogP contribution in [0.4, 0.5) is 0 Å². The van der Waals surface area contributed by atoms with Crippen molar-refractivity contribution in [2.75, 3.05) is 13.6 Å². The number of allylic oxidation sites excluding steroid dienone is 2. The number of rotatable bonds is 11. The molecule has 1 N–H and O–H groups in total. The van der Waals surface area contributed by atoms with Gasteiger partial charge >= 0.3 is 0 Å². The average Bonchev–Trinajstić information content (AvgIpc) is 2.56. The second-order valence-electron chi connectivity index (χ2n) is 3.84. The molecule has 0 spiro atoms. The Kier molecular flexibility index (Phi) is 8.76. The fraction of sp³-hybridized carbons (Fsp3) is 0.200. The summed E-state index contributed by atoms with van der Waals surface area (Å²) in [5.41, 5.74) is 1.33. The third-order valence-electron chi connectivity index (χ3n) is 2.30. The Morgan fingerprint density at radius 2 is 2.23 bits per heavy atom. The highest BCUT2D eigenvalue weighted by molar-refractivity contribution is 5.70. The first-order valence-corrected chi connectivity index (χ1v) is 6.40. The number of aromatic nitrogens is 2. The van der Waals surface area contributed by atoms with Gasteiger partial charge in [0.1, 0.15) is 0 Å². The molecule has 0 atom stereocenters. The zero-order chi connectivity index (χ0) is 16.0. The zero-order valence-corrected chi connectivity index (χ0v) is 12.2. The van der Waals surface area contributed by atoms with Gasteiger partial charge in [0.05, 0.1) is 11.9 Å². The number of hydrogen-bond donors (Lipinski definition) is 1. The van der Waals surface area contributed by atoms with E-state index in [0.29, 0.717) is 12.4 Å². The van der Waals surface area contributed by atoms with Crippen molar-refractivity contribution in [3.8, 4) is 0 Å². The molecule has 0 amide bonds. The molecule has 22 heavy (non-hydrogen) atoms. The lowest BCUT2D eigenvalue weighted by Gasteiger charge is -2.04. The first-order valence-electron chi connectivity index (χ1n) is 6.40. The normalized spacial score (nSPS) is 11.4. The Labute approximate surface area is 129 Å². The fourth-order valence-electron chi connectivity index (χ4n) is 1.25. The summed E-state index contributed by atoms with van der Waals surface area (Å²) in [5, 5.41) is 6.91. The van der Waals surface area contributed by atoms with E-state index in [2.05, 4.69) is 23.1 Å². The number of aliphatic imine (C=N–C) groups is 1. The average molecular weight is 303 g/mol. The van der Waals surface area contributed by atoms with Crippen molar-refractivity contribution in [2.45, 2.75) is 6.73 Å². The predicted molar refractivity (Wildman–Crippen MR) is 83.1 cm³/mol. The van der Waals surface area contributed by atoms with E-state index in [9.17, 15) is 0 Å². The molecule has 1 heterocycles. The Hall–Kier alpha value is -2.64. The highest BCUT2D eigenvalue weighted by atomic mass is 16.7. The third-order valence-corrected chi connectivity index (χ3v) is 2.30. The maximum absolute atomic E-state index is 6.91. The molecular weight excluding hydrogens is 284 g/mol. The minimum atomic E-state index is 0.0107. The van der Waals surface area contributed by atoms with Crippen LogP contribution in [0.15, 0.2) is 54.6 Å². The Bertz CT molecular complexity index is 538. The van der Waals surface area contributed by atoms with Crippen molar-refractivity contribution in [3.63, 3.8) is 0 Å². The van der Waals surface area contributed by atoms with Crippen molar-refractivity contribution in [1.82, 2.24) is 4.98 Å². The first kappa shape index (κ1) is 17.4. The third kappa shape index (κ3) is 7.22. The number of nitrogens with zero attached hydrogens (tertiary/aromatic N) is 3. The summed E-state index contributed by atoms with van der Waals surface area (Å²) in [6.45, 7) is 7.59. The van der Waals surface area contributed by atoms with Crippen LogP contribution in [0.3, 0.4) is 0 Å². The molecule has 0 saturated heterocycles. The Morgan fingerprint density at radius 1 is 1.36 bits per heavy atom. The Morgan fingerprint density at radius 3 is 2.86 bits per heavy atom. The van der Waals surface area contributed by atoms with Crippen LogP contribution < -0.4 is 4.57 Å². The van der Waals surface area contributed by atoms with Gasteiger partial charge in [-0.15, -0.1) is 0 Å². The molecule has 1 rings (SSSR count). The first-order chi connectivity index (χ1) is 10.8. The second-order valence-corrected chi connectivity index (χ2v) is 3.84. The molecule has 116 valence electrons. The summed E-state index contributed by atoms with van der Waals surface area (Å²) >= 11 is 0. The van der Waals surface area contributed by atoms with Gasteiger partial charge in [-0.05, 0) is 23.2 Å². The summed E-state index contributed by atoms with van der Waals surface area (Å²) in [7, 11) is 0. The smallest absolute Gasteiger partial charge is 0.288 e. The van der Waals surface area contributed by atoms with Crippen LogP contribution in [-0.4, -0.2) is 31.2 Å². The number of ether oxygens (including phenoxy) is 3. The molecule has 7 nitrogen and oxygen atoms in total. The van der Waals surface area contributed by atoms with Gasteiger partial charge in [0, 0.05) is 12.3 Å². The van der Waals surface area contributed by atoms with E-state index >= 15 is 0 Å². The number of nitrogens with one attached hydrogen (secondary N) is 1. The summed E-state index contributed by atoms with van der Waals surface area (Å²) in [5.74, 6) is 0. The monoisotopic (exact) mass is 303 g/mol. The summed E-state index contributed by atoms with van der Waals surface area (Å²) in [6, 6.07) is 1.83. The molecule has 1 aromatic rings. The van der Waals surface area contributed by atoms with E-state index in [4.69, 9.17) is 19.6 Å². The zero-order valence-electron chi connectivity index (χ0n) is 12.2. The highest BCUT2D eigenvalue weighted by Gasteiger charge is 1.99. The van der Waals surface area contributed by atoms with Gasteiger partial charge in [0.25, 0.3) is 6.33 Å². The SMILES string of the molecule is C=C/C(=C/C=N)N=COCOCOC[n+]1ccc(C=C)nc1. The lowest BCUT2D eigenvalue weighted by atomic mass is 10.4. The van der Waals surface area contributed by atoms with Crippen LogP contribution >= 0.6 is 0 Å². The van der Waals surface area contributed by atoms with E-state index in [1.807, 2.05) is 12.3 Å². The molecule has 0 radical (unpaired) electrons. The van der Waals surface area contributed by atoms with Crippen LogP contribution in [0.25, 0.3) is 6.08 Å². The van der Waals surface area contributed by atoms with Crippen molar-refractivity contribution in [2.24, 2.45) is 4.99 Å². The van der Waals surface area contributed by atoms with Gasteiger partial charge in [-0.25, -0.2) is 9.56 Å². The lowest BCUT2D eigenvalue weighted by Crippen LogP contribution is -2.35. The second kappa shape index (κ2) is 11.1. The quantitative estimate of drug-likeness (QED) is 0.168. The van der Waals surface area contributed by atoms with Gasteiger partial charge in [-0.1, -0.05) is 13.2 Å². The summed E-state index contributed by atoms with van der Waals surface area (Å²) in [6.07, 6.45) is 10.5. The summed E-state index contributed by atoms with van der Waals surface area (Å²) < 4.78 is 17.1. The molecule has 0 fully saturated rings. The molecule has 0 aliphatic rings. The van der Waals surface area contributed by atoms with E-state index in [0.717, 1.165) is 11.9 Å². The Balaban J connectivity index is 2.11. The van der Waals surface area contributed by atoms with Crippen LogP contribution in [0.2, 0.25) is 0 Å². The van der Waals surface area contributed by atoms with E-state index in [1.54, 1.807) is 17.0 Å². The summed E-state index contributed by atoms with van der Waals surface area (Å²) in [4.78, 5) is 8.05. The number of hydrogen-bond acceptors (Lipinski definition) is 6. The van der Waals surface area contributed by atoms with Crippen molar-refractivity contribution in [3.05, 3.63) is 55.3 Å². The molecule has 0 aliphatic carbocycles. The molecule has 0 saturated carbocycles. The lowest BCUT2D eigenvalue weighted by molar-refractivity contribution is -0.737. The highest BCUT2D eigenvalue weighted by Crippen LogP contribution is 1.94. The molecule has 1 aromatic heterocycles. The van der Waals surface area contributed by atoms with Gasteiger partial charge < -0.3 is 19.6 Å². The molecular formula is C15H19N4O3+. The van der Waals surface area contributed by atoms with Crippen LogP contribution in [0.1, 0.15) is 5.69 Å². The van der Waals surface area contributed by atoms with Crippen molar-refractivity contribution >= 4 is 18.7 Å². The maximum Gasteiger partial charge on any atom is 0.288 e. The molecule has 0 unspecified atom stereocenters. The van der Waals surface area contributed by atoms with Crippen LogP contribution in [-0.2, 0) is 20.9 Å². The standard InChI is InChI=1S/C15H19N4O3/c1-3-14(5-7-16)18-10-20-12-22-13-21-11-19-8-6-15(4-2)17-9-19/h3-10,16H,1-2,11-13H2/q+1/b14-5-,16-7?,18-10?. The molecule has 0 aromatic carbocycles. The molecule has 0 bridgehead atoms. The van der Waals surface area contributed by atoms with Gasteiger partial charge in [-0.3, -0.25) is 0 Å². The minimum Gasteiger partial charge on any atom is -0.457 e. The van der Waals surface area contributed by atoms with E-state index in [-0.39, 0.29) is 13.6 Å². The molecule has 0 aliphatic heterocycles. The van der Waals surface area contributed by atoms with Gasteiger partial charge in [0.2, 0.25) is 0 Å².